The maximum absolute atomic E-state index is 13.4. The van der Waals surface area contributed by atoms with Gasteiger partial charge in [-0.3, -0.25) is 0 Å². The lowest BCUT2D eigenvalue weighted by atomic mass is 10.2. The summed E-state index contributed by atoms with van der Waals surface area (Å²) in [5.41, 5.74) is 0. The Balaban J connectivity index is 2.07. The van der Waals surface area contributed by atoms with Crippen molar-refractivity contribution in [1.82, 2.24) is 0 Å². The number of rotatable bonds is 1. The molecule has 2 rings (SSSR count). The molecule has 2 saturated heterocycles. The van der Waals surface area contributed by atoms with E-state index in [1.807, 2.05) is 0 Å². The van der Waals surface area contributed by atoms with Crippen molar-refractivity contribution < 1.29 is 23.3 Å². The summed E-state index contributed by atoms with van der Waals surface area (Å²) in [7, 11) is 1.39. The van der Waals surface area contributed by atoms with Crippen LogP contribution in [0.1, 0.15) is 13.8 Å². The average Bonchev–Trinajstić information content (AvgIpc) is 2.47. The van der Waals surface area contributed by atoms with Gasteiger partial charge in [0.25, 0.3) is 0 Å². The van der Waals surface area contributed by atoms with Crippen molar-refractivity contribution in [2.75, 3.05) is 7.11 Å². The molecule has 0 radical (unpaired) electrons. The molecule has 0 aliphatic carbocycles. The molecule has 4 nitrogen and oxygen atoms in total. The Kier molecular flexibility index (Phi) is 2.07. The third kappa shape index (κ3) is 1.46. The van der Waals surface area contributed by atoms with Crippen LogP contribution < -0.4 is 0 Å². The van der Waals surface area contributed by atoms with E-state index in [2.05, 4.69) is 0 Å². The highest BCUT2D eigenvalue weighted by Gasteiger charge is 2.55. The first-order valence-corrected chi connectivity index (χ1v) is 4.21. The number of hydrogen-bond donors (Lipinski definition) is 0. The molecule has 2 fully saturated rings. The van der Waals surface area contributed by atoms with Gasteiger partial charge in [0.05, 0.1) is 0 Å². The molecule has 0 aromatic rings. The number of halogens is 1. The van der Waals surface area contributed by atoms with Crippen LogP contribution in [0, 0.1) is 0 Å². The third-order valence-corrected chi connectivity index (χ3v) is 2.16. The summed E-state index contributed by atoms with van der Waals surface area (Å²) < 4.78 is 34.0. The van der Waals surface area contributed by atoms with Crippen LogP contribution in [0.25, 0.3) is 0 Å². The molecule has 0 saturated carbocycles. The van der Waals surface area contributed by atoms with Gasteiger partial charge in [-0.15, -0.1) is 0 Å². The maximum Gasteiger partial charge on any atom is 0.194 e. The maximum atomic E-state index is 13.4. The molecule has 0 aromatic carbocycles. The van der Waals surface area contributed by atoms with E-state index in [0.717, 1.165) is 0 Å². The van der Waals surface area contributed by atoms with E-state index in [4.69, 9.17) is 18.9 Å². The van der Waals surface area contributed by atoms with Gasteiger partial charge in [0.15, 0.2) is 24.5 Å². The van der Waals surface area contributed by atoms with Crippen molar-refractivity contribution in [3.8, 4) is 0 Å². The zero-order valence-electron chi connectivity index (χ0n) is 7.82. The Bertz CT molecular complexity index is 208. The molecule has 76 valence electrons. The number of alkyl halides is 1. The Hall–Kier alpha value is -0.230. The van der Waals surface area contributed by atoms with Gasteiger partial charge in [0.1, 0.15) is 6.10 Å². The van der Waals surface area contributed by atoms with E-state index in [-0.39, 0.29) is 0 Å². The molecular formula is C8H13FO4. The van der Waals surface area contributed by atoms with Crippen LogP contribution in [0.2, 0.25) is 0 Å². The van der Waals surface area contributed by atoms with Crippen molar-refractivity contribution in [2.45, 2.75) is 44.5 Å². The molecule has 5 heteroatoms. The Labute approximate surface area is 75.9 Å². The van der Waals surface area contributed by atoms with Gasteiger partial charge in [-0.05, 0) is 13.8 Å². The lowest BCUT2D eigenvalue weighted by Gasteiger charge is -2.21. The molecule has 0 aromatic heterocycles. The molecule has 0 bridgehead atoms. The fourth-order valence-corrected chi connectivity index (χ4v) is 1.63. The lowest BCUT2D eigenvalue weighted by molar-refractivity contribution is -0.249. The van der Waals surface area contributed by atoms with E-state index in [0.29, 0.717) is 0 Å². The number of hydrogen-bond acceptors (Lipinski definition) is 4. The normalized spacial score (nSPS) is 48.0. The van der Waals surface area contributed by atoms with Gasteiger partial charge in [0.2, 0.25) is 0 Å². The van der Waals surface area contributed by atoms with Gasteiger partial charge in [-0.2, -0.15) is 0 Å². The molecule has 2 aliphatic rings. The molecule has 2 aliphatic heterocycles. The highest BCUT2D eigenvalue weighted by atomic mass is 19.1. The Morgan fingerprint density at radius 3 is 2.54 bits per heavy atom. The van der Waals surface area contributed by atoms with E-state index < -0.39 is 30.6 Å². The van der Waals surface area contributed by atoms with Crippen LogP contribution in [-0.2, 0) is 18.9 Å². The Morgan fingerprint density at radius 2 is 2.00 bits per heavy atom. The van der Waals surface area contributed by atoms with Gasteiger partial charge >= 0.3 is 0 Å². The largest absolute Gasteiger partial charge is 0.353 e. The highest BCUT2D eigenvalue weighted by molar-refractivity contribution is 4.89. The molecule has 13 heavy (non-hydrogen) atoms. The molecule has 0 spiro atoms. The zero-order chi connectivity index (χ0) is 9.64. The van der Waals surface area contributed by atoms with Crippen LogP contribution in [0.5, 0.6) is 0 Å². The molecule has 0 N–H and O–H groups in total. The standard InChI is InChI=1S/C8H13FO4/c1-8(2)12-5-4(9)6(10-3)11-7(5)13-8/h4-7H,1-3H3/t4-,5-,6+,7-/m1/s1. The number of fused-ring (bicyclic) bond motifs is 1. The number of methoxy groups -OCH3 is 1. The van der Waals surface area contributed by atoms with Crippen LogP contribution in [0.4, 0.5) is 4.39 Å². The average molecular weight is 192 g/mol. The molecule has 2 heterocycles. The topological polar surface area (TPSA) is 36.9 Å². The smallest absolute Gasteiger partial charge is 0.194 e. The fourth-order valence-electron chi connectivity index (χ4n) is 1.63. The zero-order valence-corrected chi connectivity index (χ0v) is 7.82. The minimum Gasteiger partial charge on any atom is -0.353 e. The van der Waals surface area contributed by atoms with E-state index in [1.54, 1.807) is 13.8 Å². The second-order valence-electron chi connectivity index (χ2n) is 3.65. The summed E-state index contributed by atoms with van der Waals surface area (Å²) in [6, 6.07) is 0. The quantitative estimate of drug-likeness (QED) is 0.616. The first kappa shape index (κ1) is 9.33. The fraction of sp³-hybridized carbons (Fsp3) is 1.00. The molecular weight excluding hydrogens is 179 g/mol. The van der Waals surface area contributed by atoms with Crippen LogP contribution in [0.15, 0.2) is 0 Å². The Morgan fingerprint density at radius 1 is 1.31 bits per heavy atom. The van der Waals surface area contributed by atoms with E-state index in [1.165, 1.54) is 7.11 Å². The highest BCUT2D eigenvalue weighted by Crippen LogP contribution is 2.38. The summed E-state index contributed by atoms with van der Waals surface area (Å²) in [5.74, 6) is -0.765. The minimum absolute atomic E-state index is 0.644. The lowest BCUT2D eigenvalue weighted by Crippen LogP contribution is -2.32. The minimum atomic E-state index is -1.28. The summed E-state index contributed by atoms with van der Waals surface area (Å²) >= 11 is 0. The van der Waals surface area contributed by atoms with Crippen molar-refractivity contribution in [1.29, 1.82) is 0 Å². The SMILES string of the molecule is CO[C@H]1O[C@@H]2OC(C)(C)O[C@@H]2[C@H]1F. The molecule has 4 atom stereocenters. The van der Waals surface area contributed by atoms with Crippen LogP contribution >= 0.6 is 0 Å². The predicted octanol–water partition coefficient (Wildman–Crippen LogP) is 0.805. The van der Waals surface area contributed by atoms with Crippen molar-refractivity contribution in [3.05, 3.63) is 0 Å². The van der Waals surface area contributed by atoms with Gasteiger partial charge in [0, 0.05) is 7.11 Å². The summed E-state index contributed by atoms with van der Waals surface area (Å²) in [6.07, 6.45) is -3.46. The molecule has 0 unspecified atom stereocenters. The van der Waals surface area contributed by atoms with Crippen molar-refractivity contribution >= 4 is 0 Å². The van der Waals surface area contributed by atoms with Gasteiger partial charge in [-0.1, -0.05) is 0 Å². The summed E-state index contributed by atoms with van der Waals surface area (Å²) in [6.45, 7) is 3.45. The van der Waals surface area contributed by atoms with Crippen molar-refractivity contribution in [3.63, 3.8) is 0 Å². The first-order chi connectivity index (χ1) is 6.03. The monoisotopic (exact) mass is 192 g/mol. The summed E-state index contributed by atoms with van der Waals surface area (Å²) in [4.78, 5) is 0. The van der Waals surface area contributed by atoms with E-state index in [9.17, 15) is 4.39 Å². The van der Waals surface area contributed by atoms with Crippen LogP contribution in [0.3, 0.4) is 0 Å². The predicted molar refractivity (Wildman–Crippen MR) is 40.6 cm³/mol. The van der Waals surface area contributed by atoms with Crippen LogP contribution in [-0.4, -0.2) is 37.8 Å². The third-order valence-electron chi connectivity index (χ3n) is 2.16. The van der Waals surface area contributed by atoms with Crippen molar-refractivity contribution in [2.24, 2.45) is 0 Å². The van der Waals surface area contributed by atoms with Gasteiger partial charge in [-0.25, -0.2) is 4.39 Å². The summed E-state index contributed by atoms with van der Waals surface area (Å²) in [5, 5.41) is 0. The first-order valence-electron chi connectivity index (χ1n) is 4.21. The number of ether oxygens (including phenoxy) is 4. The second-order valence-corrected chi connectivity index (χ2v) is 3.65. The molecule has 0 amide bonds. The van der Waals surface area contributed by atoms with E-state index >= 15 is 0 Å². The second kappa shape index (κ2) is 2.88. The van der Waals surface area contributed by atoms with Gasteiger partial charge < -0.3 is 18.9 Å².